The number of nitrogens with one attached hydrogen (secondary N) is 1. The smallest absolute Gasteiger partial charge is 0.148 e. The van der Waals surface area contributed by atoms with Crippen LogP contribution in [0.3, 0.4) is 0 Å². The van der Waals surface area contributed by atoms with Crippen molar-refractivity contribution in [3.63, 3.8) is 0 Å². The Morgan fingerprint density at radius 1 is 1.33 bits per heavy atom. The summed E-state index contributed by atoms with van der Waals surface area (Å²) in [5.74, 6) is 1.19. The van der Waals surface area contributed by atoms with E-state index in [4.69, 9.17) is 5.73 Å². The summed E-state index contributed by atoms with van der Waals surface area (Å²) in [7, 11) is 0. The first kappa shape index (κ1) is 11.9. The molecule has 1 heterocycles. The molecule has 0 radical (unpaired) electrons. The number of aromatic nitrogens is 2. The molecule has 0 aliphatic carbocycles. The molecule has 1 rings (SSSR count). The Balaban J connectivity index is 2.57. The van der Waals surface area contributed by atoms with Gasteiger partial charge in [0.25, 0.3) is 0 Å². The van der Waals surface area contributed by atoms with Gasteiger partial charge >= 0.3 is 0 Å². The fourth-order valence-corrected chi connectivity index (χ4v) is 1.06. The lowest BCUT2D eigenvalue weighted by Crippen LogP contribution is -2.39. The van der Waals surface area contributed by atoms with Gasteiger partial charge in [-0.25, -0.2) is 0 Å². The largest absolute Gasteiger partial charge is 0.367 e. The maximum Gasteiger partial charge on any atom is 0.148 e. The second-order valence-electron chi connectivity index (χ2n) is 4.84. The van der Waals surface area contributed by atoms with Crippen molar-refractivity contribution < 1.29 is 0 Å². The van der Waals surface area contributed by atoms with Gasteiger partial charge in [0.15, 0.2) is 0 Å². The number of nitrogens with two attached hydrogens (primary N) is 1. The van der Waals surface area contributed by atoms with Gasteiger partial charge in [0, 0.05) is 12.1 Å². The van der Waals surface area contributed by atoms with Crippen LogP contribution in [-0.2, 0) is 0 Å². The molecule has 0 fully saturated rings. The van der Waals surface area contributed by atoms with Crippen molar-refractivity contribution in [1.82, 2.24) is 10.2 Å². The molecule has 0 aliphatic heterocycles. The molecule has 4 heteroatoms. The summed E-state index contributed by atoms with van der Waals surface area (Å²) in [4.78, 5) is 0. The maximum absolute atomic E-state index is 5.85. The highest BCUT2D eigenvalue weighted by Gasteiger charge is 2.10. The number of anilines is 1. The standard InChI is InChI=1S/C11H20N4/c1-8(2)9-5-6-10(15-14-9)13-7-11(3,4)12/h5-6,8H,7,12H2,1-4H3,(H,13,15). The number of hydrogen-bond donors (Lipinski definition) is 2. The average molecular weight is 208 g/mol. The molecule has 0 saturated carbocycles. The highest BCUT2D eigenvalue weighted by Crippen LogP contribution is 2.11. The second-order valence-corrected chi connectivity index (χ2v) is 4.84. The van der Waals surface area contributed by atoms with Crippen LogP contribution in [0.2, 0.25) is 0 Å². The normalized spacial score (nSPS) is 11.9. The molecule has 0 unspecified atom stereocenters. The zero-order chi connectivity index (χ0) is 11.5. The third-order valence-electron chi connectivity index (χ3n) is 2.00. The molecule has 0 bridgehead atoms. The van der Waals surface area contributed by atoms with Crippen molar-refractivity contribution in [2.24, 2.45) is 5.73 Å². The van der Waals surface area contributed by atoms with Gasteiger partial charge in [0.05, 0.1) is 5.69 Å². The monoisotopic (exact) mass is 208 g/mol. The minimum absolute atomic E-state index is 0.238. The molecule has 0 saturated heterocycles. The summed E-state index contributed by atoms with van der Waals surface area (Å²) in [6.45, 7) is 8.81. The van der Waals surface area contributed by atoms with Gasteiger partial charge < -0.3 is 11.1 Å². The molecule has 0 atom stereocenters. The lowest BCUT2D eigenvalue weighted by Gasteiger charge is -2.19. The Bertz CT molecular complexity index is 297. The van der Waals surface area contributed by atoms with Crippen molar-refractivity contribution in [2.45, 2.75) is 39.2 Å². The fourth-order valence-electron chi connectivity index (χ4n) is 1.06. The Labute approximate surface area is 91.3 Å². The van der Waals surface area contributed by atoms with E-state index in [1.165, 1.54) is 0 Å². The van der Waals surface area contributed by atoms with Gasteiger partial charge in [-0.15, -0.1) is 5.10 Å². The molecular formula is C11H20N4. The summed E-state index contributed by atoms with van der Waals surface area (Å²) >= 11 is 0. The van der Waals surface area contributed by atoms with Gasteiger partial charge in [-0.1, -0.05) is 13.8 Å². The van der Waals surface area contributed by atoms with Crippen molar-refractivity contribution in [1.29, 1.82) is 0 Å². The van der Waals surface area contributed by atoms with E-state index in [-0.39, 0.29) is 5.54 Å². The van der Waals surface area contributed by atoms with Gasteiger partial charge in [-0.3, -0.25) is 0 Å². The highest BCUT2D eigenvalue weighted by molar-refractivity contribution is 5.33. The molecule has 0 aliphatic rings. The summed E-state index contributed by atoms with van der Waals surface area (Å²) in [5, 5.41) is 11.4. The third kappa shape index (κ3) is 4.25. The number of nitrogens with zero attached hydrogens (tertiary/aromatic N) is 2. The molecule has 1 aromatic heterocycles. The van der Waals surface area contributed by atoms with Crippen molar-refractivity contribution >= 4 is 5.82 Å². The Kier molecular flexibility index (Phi) is 3.63. The van der Waals surface area contributed by atoms with Crippen LogP contribution in [-0.4, -0.2) is 22.3 Å². The summed E-state index contributed by atoms with van der Waals surface area (Å²) in [6, 6.07) is 3.93. The molecular weight excluding hydrogens is 188 g/mol. The lowest BCUT2D eigenvalue weighted by molar-refractivity contribution is 0.548. The van der Waals surface area contributed by atoms with Crippen LogP contribution < -0.4 is 11.1 Å². The third-order valence-corrected chi connectivity index (χ3v) is 2.00. The van der Waals surface area contributed by atoms with E-state index in [2.05, 4.69) is 29.4 Å². The Morgan fingerprint density at radius 2 is 2.00 bits per heavy atom. The minimum atomic E-state index is -0.238. The van der Waals surface area contributed by atoms with Crippen LogP contribution in [0.5, 0.6) is 0 Å². The molecule has 0 amide bonds. The first-order chi connectivity index (χ1) is 6.88. The van der Waals surface area contributed by atoms with Gasteiger partial charge in [0.1, 0.15) is 5.82 Å². The zero-order valence-corrected chi connectivity index (χ0v) is 9.91. The molecule has 0 aromatic carbocycles. The summed E-state index contributed by atoms with van der Waals surface area (Å²) in [5.41, 5.74) is 6.62. The van der Waals surface area contributed by atoms with E-state index < -0.39 is 0 Å². The predicted octanol–water partition coefficient (Wildman–Crippen LogP) is 1.75. The second kappa shape index (κ2) is 4.57. The van der Waals surface area contributed by atoms with Crippen LogP contribution in [0.25, 0.3) is 0 Å². The molecule has 1 aromatic rings. The van der Waals surface area contributed by atoms with Gasteiger partial charge in [-0.2, -0.15) is 5.10 Å². The quantitative estimate of drug-likeness (QED) is 0.791. The first-order valence-corrected chi connectivity index (χ1v) is 5.25. The van der Waals surface area contributed by atoms with Crippen LogP contribution in [0.15, 0.2) is 12.1 Å². The number of hydrogen-bond acceptors (Lipinski definition) is 4. The van der Waals surface area contributed by atoms with E-state index in [1.807, 2.05) is 26.0 Å². The molecule has 3 N–H and O–H groups in total. The van der Waals surface area contributed by atoms with Crippen molar-refractivity contribution in [3.8, 4) is 0 Å². The summed E-state index contributed by atoms with van der Waals surface area (Å²) < 4.78 is 0. The van der Waals surface area contributed by atoms with E-state index in [0.29, 0.717) is 12.5 Å². The highest BCUT2D eigenvalue weighted by atomic mass is 15.2. The maximum atomic E-state index is 5.85. The predicted molar refractivity (Wildman–Crippen MR) is 62.9 cm³/mol. The van der Waals surface area contributed by atoms with Crippen molar-refractivity contribution in [2.75, 3.05) is 11.9 Å². The van der Waals surface area contributed by atoms with E-state index in [9.17, 15) is 0 Å². The van der Waals surface area contributed by atoms with Crippen molar-refractivity contribution in [3.05, 3.63) is 17.8 Å². The fraction of sp³-hybridized carbons (Fsp3) is 0.636. The average Bonchev–Trinajstić information content (AvgIpc) is 2.14. The minimum Gasteiger partial charge on any atom is -0.367 e. The molecule has 4 nitrogen and oxygen atoms in total. The molecule has 15 heavy (non-hydrogen) atoms. The Hall–Kier alpha value is -1.16. The van der Waals surface area contributed by atoms with Crippen LogP contribution >= 0.6 is 0 Å². The first-order valence-electron chi connectivity index (χ1n) is 5.25. The van der Waals surface area contributed by atoms with Crippen LogP contribution in [0.1, 0.15) is 39.3 Å². The van der Waals surface area contributed by atoms with Crippen LogP contribution in [0, 0.1) is 0 Å². The van der Waals surface area contributed by atoms with E-state index >= 15 is 0 Å². The molecule has 84 valence electrons. The molecule has 0 spiro atoms. The lowest BCUT2D eigenvalue weighted by atomic mass is 10.1. The zero-order valence-electron chi connectivity index (χ0n) is 9.91. The summed E-state index contributed by atoms with van der Waals surface area (Å²) in [6.07, 6.45) is 0. The number of rotatable bonds is 4. The van der Waals surface area contributed by atoms with E-state index in [0.717, 1.165) is 11.5 Å². The Morgan fingerprint density at radius 3 is 2.40 bits per heavy atom. The van der Waals surface area contributed by atoms with E-state index in [1.54, 1.807) is 0 Å². The van der Waals surface area contributed by atoms with Gasteiger partial charge in [-0.05, 0) is 31.9 Å². The van der Waals surface area contributed by atoms with Crippen LogP contribution in [0.4, 0.5) is 5.82 Å². The SMILES string of the molecule is CC(C)c1ccc(NCC(C)(C)N)nn1. The van der Waals surface area contributed by atoms with Gasteiger partial charge in [0.2, 0.25) is 0 Å². The topological polar surface area (TPSA) is 63.8 Å².